The van der Waals surface area contributed by atoms with Crippen molar-refractivity contribution in [3.63, 3.8) is 0 Å². The minimum atomic E-state index is 0.371. The first-order chi connectivity index (χ1) is 7.31. The van der Waals surface area contributed by atoms with Gasteiger partial charge in [-0.15, -0.1) is 0 Å². The SMILES string of the molecule is N=CC=C(N)OCCC(C1CC1)C1CC1. The molecule has 2 fully saturated rings. The molecule has 0 aliphatic heterocycles. The van der Waals surface area contributed by atoms with Crippen molar-refractivity contribution in [2.24, 2.45) is 23.5 Å². The predicted octanol–water partition coefficient (Wildman–Crippen LogP) is 2.28. The first kappa shape index (κ1) is 10.5. The van der Waals surface area contributed by atoms with Crippen LogP contribution >= 0.6 is 0 Å². The molecule has 0 aromatic carbocycles. The first-order valence-electron chi connectivity index (χ1n) is 5.90. The van der Waals surface area contributed by atoms with Crippen molar-refractivity contribution in [3.8, 4) is 0 Å². The van der Waals surface area contributed by atoms with Gasteiger partial charge < -0.3 is 15.9 Å². The van der Waals surface area contributed by atoms with E-state index in [0.717, 1.165) is 30.4 Å². The molecule has 0 unspecified atom stereocenters. The molecule has 2 saturated carbocycles. The third-order valence-electron chi connectivity index (χ3n) is 3.42. The van der Waals surface area contributed by atoms with Gasteiger partial charge in [0.05, 0.1) is 6.61 Å². The maximum atomic E-state index is 6.85. The van der Waals surface area contributed by atoms with Crippen molar-refractivity contribution in [1.82, 2.24) is 0 Å². The van der Waals surface area contributed by atoms with E-state index in [0.29, 0.717) is 12.5 Å². The molecule has 84 valence electrons. The summed E-state index contributed by atoms with van der Waals surface area (Å²) in [7, 11) is 0. The van der Waals surface area contributed by atoms with Crippen LogP contribution in [0.1, 0.15) is 32.1 Å². The van der Waals surface area contributed by atoms with E-state index in [9.17, 15) is 0 Å². The van der Waals surface area contributed by atoms with Crippen LogP contribution in [0.5, 0.6) is 0 Å². The van der Waals surface area contributed by atoms with Crippen molar-refractivity contribution < 1.29 is 4.74 Å². The van der Waals surface area contributed by atoms with Crippen molar-refractivity contribution in [2.45, 2.75) is 32.1 Å². The molecule has 0 saturated heterocycles. The average molecular weight is 208 g/mol. The predicted molar refractivity (Wildman–Crippen MR) is 60.6 cm³/mol. The fraction of sp³-hybridized carbons (Fsp3) is 0.750. The lowest BCUT2D eigenvalue weighted by Gasteiger charge is -2.15. The number of rotatable bonds is 7. The molecule has 2 rings (SSSR count). The molecule has 2 aliphatic carbocycles. The lowest BCUT2D eigenvalue weighted by atomic mass is 9.95. The van der Waals surface area contributed by atoms with Gasteiger partial charge in [0.1, 0.15) is 0 Å². The van der Waals surface area contributed by atoms with Crippen LogP contribution in [0.2, 0.25) is 0 Å². The molecular weight excluding hydrogens is 188 g/mol. The molecule has 0 amide bonds. The van der Waals surface area contributed by atoms with Crippen LogP contribution < -0.4 is 5.73 Å². The Labute approximate surface area is 91.2 Å². The molecule has 0 heterocycles. The van der Waals surface area contributed by atoms with Crippen molar-refractivity contribution in [1.29, 1.82) is 5.41 Å². The van der Waals surface area contributed by atoms with Crippen molar-refractivity contribution >= 4 is 6.21 Å². The number of ether oxygens (including phenoxy) is 1. The highest BCUT2D eigenvalue weighted by atomic mass is 16.5. The summed E-state index contributed by atoms with van der Waals surface area (Å²) in [6, 6.07) is 0. The number of nitrogens with one attached hydrogen (secondary N) is 1. The molecule has 0 radical (unpaired) electrons. The molecule has 3 N–H and O–H groups in total. The smallest absolute Gasteiger partial charge is 0.185 e. The summed E-state index contributed by atoms with van der Waals surface area (Å²) in [5.41, 5.74) is 5.54. The summed E-state index contributed by atoms with van der Waals surface area (Å²) in [5.74, 6) is 3.22. The second-order valence-electron chi connectivity index (χ2n) is 4.71. The van der Waals surface area contributed by atoms with Crippen LogP contribution in [0.15, 0.2) is 12.0 Å². The maximum Gasteiger partial charge on any atom is 0.185 e. The quantitative estimate of drug-likeness (QED) is 0.498. The van der Waals surface area contributed by atoms with Gasteiger partial charge >= 0.3 is 0 Å². The van der Waals surface area contributed by atoms with Crippen LogP contribution in [0.3, 0.4) is 0 Å². The minimum absolute atomic E-state index is 0.371. The summed E-state index contributed by atoms with van der Waals surface area (Å²) in [5, 5.41) is 6.85. The van der Waals surface area contributed by atoms with Gasteiger partial charge in [0, 0.05) is 12.3 Å². The summed E-state index contributed by atoms with van der Waals surface area (Å²) in [6.07, 6.45) is 9.49. The summed E-state index contributed by atoms with van der Waals surface area (Å²) < 4.78 is 5.36. The Morgan fingerprint density at radius 2 is 1.93 bits per heavy atom. The number of allylic oxidation sites excluding steroid dienone is 1. The lowest BCUT2D eigenvalue weighted by Crippen LogP contribution is -2.12. The van der Waals surface area contributed by atoms with Crippen molar-refractivity contribution in [3.05, 3.63) is 12.0 Å². The second kappa shape index (κ2) is 4.69. The van der Waals surface area contributed by atoms with Gasteiger partial charge in [-0.2, -0.15) is 0 Å². The van der Waals surface area contributed by atoms with E-state index in [1.54, 1.807) is 0 Å². The topological polar surface area (TPSA) is 59.1 Å². The Morgan fingerprint density at radius 1 is 1.33 bits per heavy atom. The van der Waals surface area contributed by atoms with E-state index < -0.39 is 0 Å². The molecule has 3 nitrogen and oxygen atoms in total. The normalized spacial score (nSPS) is 21.8. The van der Waals surface area contributed by atoms with Gasteiger partial charge in [-0.1, -0.05) is 0 Å². The van der Waals surface area contributed by atoms with E-state index in [2.05, 4.69) is 0 Å². The van der Waals surface area contributed by atoms with E-state index >= 15 is 0 Å². The first-order valence-corrected chi connectivity index (χ1v) is 5.90. The zero-order chi connectivity index (χ0) is 10.7. The highest BCUT2D eigenvalue weighted by molar-refractivity contribution is 5.67. The zero-order valence-corrected chi connectivity index (χ0v) is 9.11. The van der Waals surface area contributed by atoms with Gasteiger partial charge in [-0.3, -0.25) is 0 Å². The van der Waals surface area contributed by atoms with E-state index in [1.807, 2.05) is 0 Å². The average Bonchev–Trinajstić information content (AvgIpc) is 3.03. The fourth-order valence-electron chi connectivity index (χ4n) is 2.35. The van der Waals surface area contributed by atoms with Crippen molar-refractivity contribution in [2.75, 3.05) is 6.61 Å². The maximum absolute atomic E-state index is 6.85. The van der Waals surface area contributed by atoms with Gasteiger partial charge in [0.25, 0.3) is 0 Å². The molecule has 0 aromatic heterocycles. The molecule has 0 aromatic rings. The Bertz CT molecular complexity index is 242. The van der Waals surface area contributed by atoms with Crippen LogP contribution in [0, 0.1) is 23.2 Å². The molecule has 3 heteroatoms. The second-order valence-corrected chi connectivity index (χ2v) is 4.71. The largest absolute Gasteiger partial charge is 0.479 e. The number of nitrogens with two attached hydrogens (primary N) is 1. The lowest BCUT2D eigenvalue weighted by molar-refractivity contribution is 0.175. The Hall–Kier alpha value is -0.990. The summed E-state index contributed by atoms with van der Waals surface area (Å²) in [6.45, 7) is 0.716. The van der Waals surface area contributed by atoms with E-state index in [-0.39, 0.29) is 0 Å². The third-order valence-corrected chi connectivity index (χ3v) is 3.42. The van der Waals surface area contributed by atoms with E-state index in [4.69, 9.17) is 15.9 Å². The van der Waals surface area contributed by atoms with Gasteiger partial charge in [0.15, 0.2) is 5.88 Å². The monoisotopic (exact) mass is 208 g/mol. The third kappa shape index (κ3) is 3.26. The summed E-state index contributed by atoms with van der Waals surface area (Å²) in [4.78, 5) is 0. The molecule has 0 spiro atoms. The Morgan fingerprint density at radius 3 is 2.40 bits per heavy atom. The fourth-order valence-corrected chi connectivity index (χ4v) is 2.35. The van der Waals surface area contributed by atoms with Gasteiger partial charge in [-0.25, -0.2) is 0 Å². The molecule has 0 atom stereocenters. The Balaban J connectivity index is 1.67. The Kier molecular flexibility index (Phi) is 3.29. The molecular formula is C12H20N2O. The molecule has 15 heavy (non-hydrogen) atoms. The highest BCUT2D eigenvalue weighted by Crippen LogP contribution is 2.50. The van der Waals surface area contributed by atoms with Gasteiger partial charge in [-0.05, 0) is 49.9 Å². The summed E-state index contributed by atoms with van der Waals surface area (Å²) >= 11 is 0. The van der Waals surface area contributed by atoms with Crippen LogP contribution in [-0.4, -0.2) is 12.8 Å². The number of hydrogen-bond donors (Lipinski definition) is 2. The number of hydrogen-bond acceptors (Lipinski definition) is 3. The van der Waals surface area contributed by atoms with Crippen LogP contribution in [-0.2, 0) is 4.74 Å². The zero-order valence-electron chi connectivity index (χ0n) is 9.11. The molecule has 2 aliphatic rings. The highest BCUT2D eigenvalue weighted by Gasteiger charge is 2.40. The minimum Gasteiger partial charge on any atom is -0.479 e. The van der Waals surface area contributed by atoms with E-state index in [1.165, 1.54) is 31.8 Å². The standard InChI is InChI=1S/C12H20N2O/c13-7-5-12(14)15-8-6-11(9-1-2-9)10-3-4-10/h5,7,9-11,13H,1-4,6,8,14H2. The van der Waals surface area contributed by atoms with Crippen LogP contribution in [0.25, 0.3) is 0 Å². The van der Waals surface area contributed by atoms with Crippen LogP contribution in [0.4, 0.5) is 0 Å². The van der Waals surface area contributed by atoms with Gasteiger partial charge in [0.2, 0.25) is 0 Å². The molecule has 0 bridgehead atoms.